The molecule has 2 aliphatic rings. The maximum Gasteiger partial charge on any atom is 0.285 e. The van der Waals surface area contributed by atoms with Crippen molar-refractivity contribution in [2.45, 2.75) is 12.8 Å². The van der Waals surface area contributed by atoms with E-state index in [4.69, 9.17) is 9.68 Å². The number of thioether (sulfide) groups is 1. The Kier molecular flexibility index (Phi) is 9.37. The molecule has 0 fully saturated rings. The first kappa shape index (κ1) is 27.5. The van der Waals surface area contributed by atoms with Gasteiger partial charge in [0, 0.05) is 6.26 Å². The molecule has 2 aromatic carbocycles. The summed E-state index contributed by atoms with van der Waals surface area (Å²) in [6.07, 6.45) is 4.16. The topological polar surface area (TPSA) is 127 Å². The molecule has 0 saturated heterocycles. The molecule has 0 radical (unpaired) electrons. The largest absolute Gasteiger partial charge is 0.285 e. The molecule has 0 spiro atoms. The molecule has 0 N–H and O–H groups in total. The number of imide groups is 2. The Morgan fingerprint density at radius 3 is 1.39 bits per heavy atom. The van der Waals surface area contributed by atoms with Crippen LogP contribution in [0.15, 0.2) is 48.5 Å². The summed E-state index contributed by atoms with van der Waals surface area (Å²) in [5.74, 6) is -0.858. The number of fused-ring (bicyclic) bond motifs is 2. The molecule has 0 saturated carbocycles. The molecule has 0 bridgehead atoms. The van der Waals surface area contributed by atoms with Crippen molar-refractivity contribution in [2.75, 3.05) is 37.2 Å². The predicted molar refractivity (Wildman–Crippen MR) is 133 cm³/mol. The highest BCUT2D eigenvalue weighted by Crippen LogP contribution is 2.23. The fraction of sp³-hybridized carbons (Fsp3) is 0.333. The molecular weight excluding hydrogens is 508 g/mol. The summed E-state index contributed by atoms with van der Waals surface area (Å²) in [6.45, 7) is 0.380. The third-order valence-electron chi connectivity index (χ3n) is 5.11. The zero-order valence-electron chi connectivity index (χ0n) is 19.8. The highest BCUT2D eigenvalue weighted by Gasteiger charge is 2.37. The Morgan fingerprint density at radius 2 is 1.06 bits per heavy atom. The molecule has 2 aromatic rings. The SMILES string of the molecule is CS(=O)(=O)CCCON1C(=O)c2ccccc2C1=O.CSCCCON1C(=O)c2ccccc2C1=O. The van der Waals surface area contributed by atoms with Crippen molar-refractivity contribution in [3.8, 4) is 0 Å². The number of carbonyl (C=O) groups excluding carboxylic acids is 4. The van der Waals surface area contributed by atoms with Crippen molar-refractivity contribution in [1.82, 2.24) is 10.1 Å². The van der Waals surface area contributed by atoms with Crippen molar-refractivity contribution in [3.63, 3.8) is 0 Å². The molecule has 0 aliphatic carbocycles. The van der Waals surface area contributed by atoms with Crippen LogP contribution in [0.4, 0.5) is 0 Å². The van der Waals surface area contributed by atoms with Gasteiger partial charge in [0.2, 0.25) is 0 Å². The molecule has 2 aliphatic heterocycles. The first-order valence-corrected chi connectivity index (χ1v) is 14.5. The molecule has 2 heterocycles. The summed E-state index contributed by atoms with van der Waals surface area (Å²) in [7, 11) is -3.07. The molecule has 0 atom stereocenters. The number of hydroxylamine groups is 4. The van der Waals surface area contributed by atoms with E-state index in [0.717, 1.165) is 23.5 Å². The average Bonchev–Trinajstić information content (AvgIpc) is 3.24. The maximum atomic E-state index is 11.9. The molecule has 4 rings (SSSR count). The van der Waals surface area contributed by atoms with Gasteiger partial charge in [-0.1, -0.05) is 24.3 Å². The first-order chi connectivity index (χ1) is 17.2. The fourth-order valence-electron chi connectivity index (χ4n) is 3.40. The third-order valence-corrected chi connectivity index (χ3v) is 6.83. The van der Waals surface area contributed by atoms with Crippen LogP contribution in [0.2, 0.25) is 0 Å². The Balaban J connectivity index is 0.000000202. The normalized spacial score (nSPS) is 14.6. The molecule has 4 amide bonds. The second kappa shape index (κ2) is 12.3. The minimum atomic E-state index is -3.07. The van der Waals surface area contributed by atoms with Crippen LogP contribution in [-0.2, 0) is 19.5 Å². The van der Waals surface area contributed by atoms with Crippen LogP contribution in [0.3, 0.4) is 0 Å². The van der Waals surface area contributed by atoms with Crippen LogP contribution in [0.1, 0.15) is 54.3 Å². The minimum absolute atomic E-state index is 0.00145. The van der Waals surface area contributed by atoms with Crippen LogP contribution < -0.4 is 0 Å². The lowest BCUT2D eigenvalue weighted by Gasteiger charge is -2.12. The summed E-state index contributed by atoms with van der Waals surface area (Å²) in [5.41, 5.74) is 1.44. The standard InChI is InChI=1S/C12H13NO5S.C12H13NO3S/c1-19(16,17)8-4-7-18-13-11(14)9-5-2-3-6-10(9)12(13)15;1-17-8-4-7-16-13-11(14)9-5-2-3-6-10(9)12(13)15/h2-3,5-6H,4,7-8H2,1H3;2-3,5-6H,4,7-8H2,1H3. The van der Waals surface area contributed by atoms with Crippen LogP contribution >= 0.6 is 11.8 Å². The first-order valence-electron chi connectivity index (χ1n) is 11.0. The molecule has 0 unspecified atom stereocenters. The Labute approximate surface area is 213 Å². The van der Waals surface area contributed by atoms with Crippen LogP contribution in [0.25, 0.3) is 0 Å². The fourth-order valence-corrected chi connectivity index (χ4v) is 4.45. The van der Waals surface area contributed by atoms with Crippen molar-refractivity contribution >= 4 is 45.2 Å². The number of hydrogen-bond acceptors (Lipinski definition) is 9. The van der Waals surface area contributed by atoms with E-state index in [1.165, 1.54) is 0 Å². The van der Waals surface area contributed by atoms with Gasteiger partial charge in [0.15, 0.2) is 0 Å². The lowest BCUT2D eigenvalue weighted by Crippen LogP contribution is -2.30. The molecular formula is C24H26N2O8S2. The van der Waals surface area contributed by atoms with E-state index in [-0.39, 0.29) is 30.6 Å². The van der Waals surface area contributed by atoms with E-state index in [1.54, 1.807) is 60.3 Å². The number of sulfone groups is 1. The number of rotatable bonds is 10. The third kappa shape index (κ3) is 6.58. The number of nitrogens with zero attached hydrogens (tertiary/aromatic N) is 2. The van der Waals surface area contributed by atoms with E-state index in [2.05, 4.69) is 0 Å². The lowest BCUT2D eigenvalue weighted by molar-refractivity contribution is -0.0910. The minimum Gasteiger partial charge on any atom is -0.266 e. The van der Waals surface area contributed by atoms with Gasteiger partial charge >= 0.3 is 0 Å². The van der Waals surface area contributed by atoms with Gasteiger partial charge < -0.3 is 0 Å². The summed E-state index contributed by atoms with van der Waals surface area (Å²) in [4.78, 5) is 57.7. The summed E-state index contributed by atoms with van der Waals surface area (Å²) in [6, 6.07) is 13.2. The van der Waals surface area contributed by atoms with Gasteiger partial charge in [-0.2, -0.15) is 11.8 Å². The molecule has 10 nitrogen and oxygen atoms in total. The Morgan fingerprint density at radius 1 is 0.694 bits per heavy atom. The molecule has 12 heteroatoms. The molecule has 36 heavy (non-hydrogen) atoms. The smallest absolute Gasteiger partial charge is 0.266 e. The Bertz CT molecular complexity index is 1190. The van der Waals surface area contributed by atoms with Gasteiger partial charge in [-0.05, 0) is 49.1 Å². The van der Waals surface area contributed by atoms with Gasteiger partial charge in [0.1, 0.15) is 9.84 Å². The maximum absolute atomic E-state index is 11.9. The van der Waals surface area contributed by atoms with Crippen LogP contribution in [-0.4, -0.2) is 79.4 Å². The van der Waals surface area contributed by atoms with E-state index in [0.29, 0.717) is 33.9 Å². The number of carbonyl (C=O) groups is 4. The quantitative estimate of drug-likeness (QED) is 0.334. The summed E-state index contributed by atoms with van der Waals surface area (Å²) in [5, 5.41) is 1.55. The zero-order valence-corrected chi connectivity index (χ0v) is 21.5. The second-order valence-electron chi connectivity index (χ2n) is 7.90. The highest BCUT2D eigenvalue weighted by molar-refractivity contribution is 7.98. The van der Waals surface area contributed by atoms with Crippen LogP contribution in [0.5, 0.6) is 0 Å². The molecule has 192 valence electrons. The zero-order chi connectivity index (χ0) is 26.3. The average molecular weight is 535 g/mol. The van der Waals surface area contributed by atoms with Crippen molar-refractivity contribution in [1.29, 1.82) is 0 Å². The van der Waals surface area contributed by atoms with E-state index >= 15 is 0 Å². The van der Waals surface area contributed by atoms with E-state index in [1.807, 2.05) is 6.26 Å². The van der Waals surface area contributed by atoms with Gasteiger partial charge in [-0.25, -0.2) is 8.42 Å². The Hall–Kier alpha value is -3.06. The van der Waals surface area contributed by atoms with E-state index < -0.39 is 21.7 Å². The number of benzene rings is 2. The summed E-state index contributed by atoms with van der Waals surface area (Å²) >= 11 is 1.70. The van der Waals surface area contributed by atoms with Gasteiger partial charge in [-0.3, -0.25) is 28.9 Å². The number of hydrogen-bond donors (Lipinski definition) is 0. The van der Waals surface area contributed by atoms with Gasteiger partial charge in [0.25, 0.3) is 23.6 Å². The predicted octanol–water partition coefficient (Wildman–Crippen LogP) is 2.62. The van der Waals surface area contributed by atoms with Crippen molar-refractivity contribution in [2.24, 2.45) is 0 Å². The second-order valence-corrected chi connectivity index (χ2v) is 11.1. The molecule has 0 aromatic heterocycles. The summed E-state index contributed by atoms with van der Waals surface area (Å²) < 4.78 is 21.9. The number of amides is 4. The van der Waals surface area contributed by atoms with E-state index in [9.17, 15) is 27.6 Å². The lowest BCUT2D eigenvalue weighted by atomic mass is 10.1. The highest BCUT2D eigenvalue weighted by atomic mass is 32.2. The van der Waals surface area contributed by atoms with Gasteiger partial charge in [0.05, 0.1) is 41.2 Å². The monoisotopic (exact) mass is 534 g/mol. The van der Waals surface area contributed by atoms with Gasteiger partial charge in [-0.15, -0.1) is 10.1 Å². The van der Waals surface area contributed by atoms with Crippen molar-refractivity contribution < 1.29 is 37.3 Å². The van der Waals surface area contributed by atoms with Crippen molar-refractivity contribution in [3.05, 3.63) is 70.8 Å². The van der Waals surface area contributed by atoms with Crippen LogP contribution in [0, 0.1) is 0 Å².